The lowest BCUT2D eigenvalue weighted by Gasteiger charge is -2.18. The molecule has 0 fully saturated rings. The van der Waals surface area contributed by atoms with Crippen LogP contribution in [0.3, 0.4) is 0 Å². The normalized spacial score (nSPS) is 12.6. The van der Waals surface area contributed by atoms with Gasteiger partial charge >= 0.3 is 17.9 Å². The fourth-order valence-corrected chi connectivity index (χ4v) is 10.2. The number of esters is 3. The van der Waals surface area contributed by atoms with Gasteiger partial charge in [0.25, 0.3) is 0 Å². The van der Waals surface area contributed by atoms with E-state index in [2.05, 4.69) is 106 Å². The van der Waals surface area contributed by atoms with Crippen LogP contribution in [0, 0.1) is 0 Å². The summed E-state index contributed by atoms with van der Waals surface area (Å²) in [6.07, 6.45) is 91.8. The zero-order chi connectivity index (χ0) is 58.5. The number of carbonyl (C=O) groups excluding carboxylic acids is 3. The molecular weight excluding hydrogens is 997 g/mol. The summed E-state index contributed by atoms with van der Waals surface area (Å²) < 4.78 is 17.0. The summed E-state index contributed by atoms with van der Waals surface area (Å²) in [4.78, 5) is 38.4. The Bertz CT molecular complexity index is 1530. The molecule has 0 aromatic rings. The van der Waals surface area contributed by atoms with Crippen LogP contribution in [0.25, 0.3) is 0 Å². The molecule has 6 nitrogen and oxygen atoms in total. The Kier molecular flexibility index (Phi) is 66.2. The van der Waals surface area contributed by atoms with Gasteiger partial charge in [-0.2, -0.15) is 0 Å². The van der Waals surface area contributed by atoms with Gasteiger partial charge in [-0.05, 0) is 96.3 Å². The summed E-state index contributed by atoms with van der Waals surface area (Å²) >= 11 is 0. The van der Waals surface area contributed by atoms with Crippen molar-refractivity contribution in [2.75, 3.05) is 13.2 Å². The molecule has 1 unspecified atom stereocenters. The van der Waals surface area contributed by atoms with Crippen molar-refractivity contribution in [1.29, 1.82) is 0 Å². The van der Waals surface area contributed by atoms with Crippen LogP contribution in [-0.4, -0.2) is 37.2 Å². The SMILES string of the molecule is CC/C=C\C/C=C\C/C=C\C/C=C\C/C=C\C/C=C\CCCCC(=O)OC(COC(=O)CCCCCCCCC/C=C\CCCCCCCC)COC(=O)CCCCCCCCCCCCCCCCCCCCCCCCCCC. The maximum absolute atomic E-state index is 12.9. The molecule has 1 atom stereocenters. The second kappa shape index (κ2) is 69.1. The highest BCUT2D eigenvalue weighted by Gasteiger charge is 2.19. The van der Waals surface area contributed by atoms with Crippen LogP contribution >= 0.6 is 0 Å². The summed E-state index contributed by atoms with van der Waals surface area (Å²) in [6, 6.07) is 0. The van der Waals surface area contributed by atoms with Gasteiger partial charge in [-0.25, -0.2) is 0 Å². The number of allylic oxidation sites excluding steroid dienone is 14. The second-order valence-corrected chi connectivity index (χ2v) is 23.4. The molecule has 6 heteroatoms. The average Bonchev–Trinajstić information content (AvgIpc) is 3.47. The Morgan fingerprint density at radius 1 is 0.259 bits per heavy atom. The number of ether oxygens (including phenoxy) is 3. The third-order valence-electron chi connectivity index (χ3n) is 15.4. The average molecular weight is 1130 g/mol. The minimum absolute atomic E-state index is 0.0925. The number of rotatable bonds is 64. The van der Waals surface area contributed by atoms with Gasteiger partial charge in [0.2, 0.25) is 0 Å². The Morgan fingerprint density at radius 2 is 0.481 bits per heavy atom. The molecule has 0 amide bonds. The van der Waals surface area contributed by atoms with E-state index in [1.807, 2.05) is 0 Å². The number of unbranched alkanes of at least 4 members (excludes halogenated alkanes) is 39. The van der Waals surface area contributed by atoms with Crippen LogP contribution in [-0.2, 0) is 28.6 Å². The number of hydrogen-bond donors (Lipinski definition) is 0. The first kappa shape index (κ1) is 77.6. The van der Waals surface area contributed by atoms with Gasteiger partial charge in [0, 0.05) is 19.3 Å². The van der Waals surface area contributed by atoms with E-state index < -0.39 is 6.10 Å². The summed E-state index contributed by atoms with van der Waals surface area (Å²) in [7, 11) is 0. The van der Waals surface area contributed by atoms with Crippen LogP contribution in [0.15, 0.2) is 85.1 Å². The Hall–Kier alpha value is -3.41. The lowest BCUT2D eigenvalue weighted by Crippen LogP contribution is -2.30. The molecule has 0 saturated heterocycles. The van der Waals surface area contributed by atoms with Crippen molar-refractivity contribution in [3.63, 3.8) is 0 Å². The Morgan fingerprint density at radius 3 is 0.790 bits per heavy atom. The zero-order valence-corrected chi connectivity index (χ0v) is 53.8. The van der Waals surface area contributed by atoms with E-state index in [-0.39, 0.29) is 37.5 Å². The van der Waals surface area contributed by atoms with Crippen molar-refractivity contribution in [1.82, 2.24) is 0 Å². The Balaban J connectivity index is 4.38. The van der Waals surface area contributed by atoms with Crippen molar-refractivity contribution >= 4 is 17.9 Å². The highest BCUT2D eigenvalue weighted by Crippen LogP contribution is 2.18. The van der Waals surface area contributed by atoms with E-state index in [0.29, 0.717) is 19.3 Å². The molecule has 0 N–H and O–H groups in total. The first-order chi connectivity index (χ1) is 40.0. The fourth-order valence-electron chi connectivity index (χ4n) is 10.2. The van der Waals surface area contributed by atoms with Crippen LogP contribution in [0.4, 0.5) is 0 Å². The predicted octanol–water partition coefficient (Wildman–Crippen LogP) is 24.2. The molecule has 468 valence electrons. The molecule has 0 aliphatic rings. The molecule has 0 aromatic carbocycles. The molecule has 0 aliphatic carbocycles. The van der Waals surface area contributed by atoms with Crippen LogP contribution in [0.2, 0.25) is 0 Å². The van der Waals surface area contributed by atoms with E-state index in [9.17, 15) is 14.4 Å². The van der Waals surface area contributed by atoms with Gasteiger partial charge in [0.15, 0.2) is 6.10 Å². The second-order valence-electron chi connectivity index (χ2n) is 23.4. The summed E-state index contributed by atoms with van der Waals surface area (Å²) in [5.74, 6) is -0.922. The van der Waals surface area contributed by atoms with Gasteiger partial charge in [-0.15, -0.1) is 0 Å². The van der Waals surface area contributed by atoms with Gasteiger partial charge in [0.05, 0.1) is 0 Å². The summed E-state index contributed by atoms with van der Waals surface area (Å²) in [5, 5.41) is 0. The maximum atomic E-state index is 12.9. The first-order valence-corrected chi connectivity index (χ1v) is 35.1. The molecule has 0 aliphatic heterocycles. The third kappa shape index (κ3) is 67.3. The number of hydrogen-bond acceptors (Lipinski definition) is 6. The van der Waals surface area contributed by atoms with E-state index in [1.165, 1.54) is 218 Å². The standard InChI is InChI=1S/C75H132O6/c1-4-7-10-13-16-19-22-25-28-31-33-35-36-37-38-40-41-44-47-50-53-56-59-62-65-68-74(77)80-71-72(70-79-73(76)67-64-61-58-55-52-49-46-43-30-27-24-21-18-15-12-9-6-3)81-75(78)69-66-63-60-57-54-51-48-45-42-39-34-32-29-26-23-20-17-14-11-8-5-2/h8,11,17,20,26-27,29-30,34,39,45,48,54,57,72H,4-7,9-10,12-16,18-19,21-25,28,31-33,35-38,40-44,46-47,49-53,55-56,58-71H2,1-3H3/b11-8-,20-17-,29-26-,30-27-,39-34-,48-45-,57-54-. The monoisotopic (exact) mass is 1130 g/mol. The minimum atomic E-state index is -0.803. The van der Waals surface area contributed by atoms with E-state index in [1.54, 1.807) is 0 Å². The molecule has 0 rings (SSSR count). The molecular formula is C75H132O6. The van der Waals surface area contributed by atoms with Crippen molar-refractivity contribution in [2.24, 2.45) is 0 Å². The highest BCUT2D eigenvalue weighted by atomic mass is 16.6. The fraction of sp³-hybridized carbons (Fsp3) is 0.773. The van der Waals surface area contributed by atoms with E-state index >= 15 is 0 Å². The van der Waals surface area contributed by atoms with Gasteiger partial charge in [-0.3, -0.25) is 14.4 Å². The van der Waals surface area contributed by atoms with Crippen LogP contribution in [0.5, 0.6) is 0 Å². The smallest absolute Gasteiger partial charge is 0.306 e. The predicted molar refractivity (Wildman–Crippen MR) is 353 cm³/mol. The van der Waals surface area contributed by atoms with Crippen LogP contribution < -0.4 is 0 Å². The summed E-state index contributed by atoms with van der Waals surface area (Å²) in [5.41, 5.74) is 0. The minimum Gasteiger partial charge on any atom is -0.462 e. The molecule has 0 bridgehead atoms. The Labute approximate surface area is 503 Å². The molecule has 0 aromatic heterocycles. The quantitative estimate of drug-likeness (QED) is 0.0261. The zero-order valence-electron chi connectivity index (χ0n) is 53.8. The van der Waals surface area contributed by atoms with Crippen molar-refractivity contribution < 1.29 is 28.6 Å². The maximum Gasteiger partial charge on any atom is 0.306 e. The van der Waals surface area contributed by atoms with Crippen molar-refractivity contribution in [3.8, 4) is 0 Å². The van der Waals surface area contributed by atoms with E-state index in [4.69, 9.17) is 14.2 Å². The molecule has 0 spiro atoms. The van der Waals surface area contributed by atoms with E-state index in [0.717, 1.165) is 89.9 Å². The first-order valence-electron chi connectivity index (χ1n) is 35.1. The van der Waals surface area contributed by atoms with Gasteiger partial charge in [-0.1, -0.05) is 324 Å². The third-order valence-corrected chi connectivity index (χ3v) is 15.4. The molecule has 0 radical (unpaired) electrons. The summed E-state index contributed by atoms with van der Waals surface area (Å²) in [6.45, 7) is 6.54. The van der Waals surface area contributed by atoms with Crippen LogP contribution in [0.1, 0.15) is 355 Å². The van der Waals surface area contributed by atoms with Crippen molar-refractivity contribution in [3.05, 3.63) is 85.1 Å². The van der Waals surface area contributed by atoms with Gasteiger partial charge in [0.1, 0.15) is 13.2 Å². The molecule has 0 saturated carbocycles. The van der Waals surface area contributed by atoms with Crippen molar-refractivity contribution in [2.45, 2.75) is 361 Å². The lowest BCUT2D eigenvalue weighted by atomic mass is 10.0. The lowest BCUT2D eigenvalue weighted by molar-refractivity contribution is -0.167. The molecule has 81 heavy (non-hydrogen) atoms. The topological polar surface area (TPSA) is 78.9 Å². The highest BCUT2D eigenvalue weighted by molar-refractivity contribution is 5.71. The number of carbonyl (C=O) groups is 3. The van der Waals surface area contributed by atoms with Gasteiger partial charge < -0.3 is 14.2 Å². The molecule has 0 heterocycles. The largest absolute Gasteiger partial charge is 0.462 e.